The highest BCUT2D eigenvalue weighted by Gasteiger charge is 2.28. The molecule has 1 N–H and O–H groups in total. The molecule has 0 saturated carbocycles. The Morgan fingerprint density at radius 2 is 1.97 bits per heavy atom. The number of ether oxygens (including phenoxy) is 1. The molecule has 7 nitrogen and oxygen atoms in total. The molecule has 0 unspecified atom stereocenters. The summed E-state index contributed by atoms with van der Waals surface area (Å²) in [6.07, 6.45) is 5.78. The van der Waals surface area contributed by atoms with Crippen molar-refractivity contribution >= 4 is 58.8 Å². The first-order chi connectivity index (χ1) is 16.3. The molecule has 2 amide bonds. The largest absolute Gasteiger partial charge is 0.468 e. The van der Waals surface area contributed by atoms with E-state index < -0.39 is 12.0 Å². The fourth-order valence-corrected chi connectivity index (χ4v) is 5.00. The minimum atomic E-state index is -0.702. The summed E-state index contributed by atoms with van der Waals surface area (Å²) in [7, 11) is 1.28. The van der Waals surface area contributed by atoms with Crippen LogP contribution in [0.5, 0.6) is 0 Å². The third-order valence-electron chi connectivity index (χ3n) is 5.52. The zero-order valence-electron chi connectivity index (χ0n) is 18.9. The monoisotopic (exact) mass is 524 g/mol. The predicted molar refractivity (Wildman–Crippen MR) is 133 cm³/mol. The first-order valence-electron chi connectivity index (χ1n) is 10.8. The van der Waals surface area contributed by atoms with Crippen molar-refractivity contribution in [1.29, 1.82) is 0 Å². The Morgan fingerprint density at radius 3 is 2.62 bits per heavy atom. The summed E-state index contributed by atoms with van der Waals surface area (Å²) >= 11 is 14.4. The predicted octanol–water partition coefficient (Wildman–Crippen LogP) is 4.81. The van der Waals surface area contributed by atoms with Gasteiger partial charge in [0.1, 0.15) is 11.8 Å². The van der Waals surface area contributed by atoms with Crippen LogP contribution in [0.2, 0.25) is 10.0 Å². The topological polar surface area (TPSA) is 88.9 Å². The van der Waals surface area contributed by atoms with Gasteiger partial charge in [0.05, 0.1) is 29.2 Å². The van der Waals surface area contributed by atoms with Crippen LogP contribution in [0.3, 0.4) is 0 Å². The summed E-state index contributed by atoms with van der Waals surface area (Å²) in [5, 5.41) is 3.47. The van der Waals surface area contributed by atoms with E-state index in [1.165, 1.54) is 24.9 Å². The number of carbonyl (C=O) groups excluding carboxylic acids is 3. The van der Waals surface area contributed by atoms with Crippen molar-refractivity contribution in [1.82, 2.24) is 10.2 Å². The van der Waals surface area contributed by atoms with Gasteiger partial charge in [-0.05, 0) is 49.6 Å². The molecular weight excluding hydrogens is 499 g/mol. The number of hydrogen-bond donors (Lipinski definition) is 1. The normalized spacial score (nSPS) is 15.4. The van der Waals surface area contributed by atoms with Gasteiger partial charge in [0.2, 0.25) is 11.8 Å². The number of nitrogens with one attached hydrogen (secondary N) is 1. The maximum absolute atomic E-state index is 12.6. The number of methoxy groups -OCH3 is 1. The summed E-state index contributed by atoms with van der Waals surface area (Å²) < 4.78 is 9.96. The lowest BCUT2D eigenvalue weighted by Crippen LogP contribution is -2.46. The van der Waals surface area contributed by atoms with Gasteiger partial charge in [-0.15, -0.1) is 11.8 Å². The quantitative estimate of drug-likeness (QED) is 0.303. The number of benzene rings is 1. The SMILES string of the molecule is COC(=O)[C@H](C)NC(=O)C1CCN(C(=O)/C=C/c2ccc(SCc3ccco3)c(Cl)c2Cl)CC1. The molecule has 1 aromatic carbocycles. The average Bonchev–Trinajstić information content (AvgIpc) is 3.37. The zero-order chi connectivity index (χ0) is 24.7. The van der Waals surface area contributed by atoms with Gasteiger partial charge in [-0.2, -0.15) is 0 Å². The van der Waals surface area contributed by atoms with Gasteiger partial charge in [-0.1, -0.05) is 29.3 Å². The smallest absolute Gasteiger partial charge is 0.328 e. The first kappa shape index (κ1) is 26.2. The van der Waals surface area contributed by atoms with E-state index in [9.17, 15) is 14.4 Å². The highest BCUT2D eigenvalue weighted by Crippen LogP contribution is 2.37. The van der Waals surface area contributed by atoms with E-state index in [0.717, 1.165) is 10.7 Å². The lowest BCUT2D eigenvalue weighted by atomic mass is 9.95. The number of furan rings is 1. The summed E-state index contributed by atoms with van der Waals surface area (Å²) in [4.78, 5) is 39.0. The van der Waals surface area contributed by atoms with E-state index in [0.29, 0.717) is 47.3 Å². The number of amides is 2. The highest BCUT2D eigenvalue weighted by molar-refractivity contribution is 7.98. The van der Waals surface area contributed by atoms with E-state index in [2.05, 4.69) is 10.1 Å². The van der Waals surface area contributed by atoms with Crippen LogP contribution in [0.1, 0.15) is 31.1 Å². The van der Waals surface area contributed by atoms with Crippen LogP contribution in [0.4, 0.5) is 0 Å². The van der Waals surface area contributed by atoms with E-state index in [-0.39, 0.29) is 17.7 Å². The van der Waals surface area contributed by atoms with Crippen molar-refractivity contribution in [2.75, 3.05) is 20.2 Å². The number of halogens is 2. The lowest BCUT2D eigenvalue weighted by molar-refractivity contribution is -0.145. The van der Waals surface area contributed by atoms with E-state index in [4.69, 9.17) is 27.6 Å². The molecule has 182 valence electrons. The third-order valence-corrected chi connectivity index (χ3v) is 7.61. The molecule has 10 heteroatoms. The van der Waals surface area contributed by atoms with Gasteiger partial charge in [-0.25, -0.2) is 4.79 Å². The third kappa shape index (κ3) is 6.81. The molecule has 1 fully saturated rings. The van der Waals surface area contributed by atoms with Crippen molar-refractivity contribution in [3.05, 3.63) is 58.0 Å². The Balaban J connectivity index is 1.52. The number of rotatable bonds is 8. The van der Waals surface area contributed by atoms with Crippen molar-refractivity contribution < 1.29 is 23.5 Å². The number of esters is 1. The molecule has 1 aromatic heterocycles. The van der Waals surface area contributed by atoms with Crippen molar-refractivity contribution in [2.45, 2.75) is 36.5 Å². The molecule has 1 saturated heterocycles. The second-order valence-corrected chi connectivity index (χ2v) is 9.61. The van der Waals surface area contributed by atoms with Gasteiger partial charge in [0, 0.05) is 30.0 Å². The standard InChI is InChI=1S/C24H26Cl2N2O5S/c1-15(24(31)32-2)27-23(30)17-9-11-28(12-10-17)20(29)8-6-16-5-7-19(22(26)21(16)25)34-14-18-4-3-13-33-18/h3-8,13,15,17H,9-12,14H2,1-2H3,(H,27,30)/b8-6+/t15-/m0/s1. The van der Waals surface area contributed by atoms with Crippen LogP contribution in [0.25, 0.3) is 6.08 Å². The highest BCUT2D eigenvalue weighted by atomic mass is 35.5. The molecule has 1 atom stereocenters. The second kappa shape index (κ2) is 12.3. The van der Waals surface area contributed by atoms with Crippen LogP contribution >= 0.6 is 35.0 Å². The molecule has 0 radical (unpaired) electrons. The number of thioether (sulfide) groups is 1. The molecule has 0 aliphatic carbocycles. The Kier molecular flexibility index (Phi) is 9.50. The zero-order valence-corrected chi connectivity index (χ0v) is 21.2. The van der Waals surface area contributed by atoms with Gasteiger partial charge in [0.15, 0.2) is 0 Å². The maximum atomic E-state index is 12.6. The summed E-state index contributed by atoms with van der Waals surface area (Å²) in [6, 6.07) is 6.71. The van der Waals surface area contributed by atoms with Gasteiger partial charge in [-0.3, -0.25) is 9.59 Å². The molecular formula is C24H26Cl2N2O5S. The lowest BCUT2D eigenvalue weighted by Gasteiger charge is -2.31. The molecule has 34 heavy (non-hydrogen) atoms. The van der Waals surface area contributed by atoms with Crippen molar-refractivity contribution in [2.24, 2.45) is 5.92 Å². The second-order valence-electron chi connectivity index (χ2n) is 7.84. The molecule has 0 bridgehead atoms. The van der Waals surface area contributed by atoms with Crippen LogP contribution in [-0.2, 0) is 24.9 Å². The number of carbonyl (C=O) groups is 3. The summed E-state index contributed by atoms with van der Waals surface area (Å²) in [5.41, 5.74) is 0.647. The molecule has 2 heterocycles. The summed E-state index contributed by atoms with van der Waals surface area (Å²) in [6.45, 7) is 2.48. The minimum absolute atomic E-state index is 0.162. The van der Waals surface area contributed by atoms with Gasteiger partial charge in [0.25, 0.3) is 0 Å². The average molecular weight is 525 g/mol. The molecule has 2 aromatic rings. The molecule has 1 aliphatic rings. The molecule has 1 aliphatic heterocycles. The van der Waals surface area contributed by atoms with Crippen LogP contribution < -0.4 is 5.32 Å². The Bertz CT molecular complexity index is 1050. The number of hydrogen-bond acceptors (Lipinski definition) is 6. The van der Waals surface area contributed by atoms with Crippen LogP contribution in [0, 0.1) is 5.92 Å². The van der Waals surface area contributed by atoms with E-state index in [1.54, 1.807) is 24.2 Å². The molecule has 3 rings (SSSR count). The van der Waals surface area contributed by atoms with Crippen LogP contribution in [-0.4, -0.2) is 48.9 Å². The van der Waals surface area contributed by atoms with E-state index in [1.807, 2.05) is 24.3 Å². The maximum Gasteiger partial charge on any atom is 0.328 e. The molecule has 0 spiro atoms. The van der Waals surface area contributed by atoms with Crippen molar-refractivity contribution in [3.63, 3.8) is 0 Å². The van der Waals surface area contributed by atoms with Crippen molar-refractivity contribution in [3.8, 4) is 0 Å². The number of likely N-dealkylation sites (tertiary alicyclic amines) is 1. The van der Waals surface area contributed by atoms with E-state index >= 15 is 0 Å². The number of piperidine rings is 1. The summed E-state index contributed by atoms with van der Waals surface area (Å²) in [5.74, 6) is 0.364. The number of nitrogens with zero attached hydrogens (tertiary/aromatic N) is 1. The fourth-order valence-electron chi connectivity index (χ4n) is 3.53. The van der Waals surface area contributed by atoms with Gasteiger partial charge < -0.3 is 19.4 Å². The Morgan fingerprint density at radius 1 is 1.24 bits per heavy atom. The minimum Gasteiger partial charge on any atom is -0.468 e. The Labute approximate surface area is 212 Å². The Hall–Kier alpha value is -2.42. The first-order valence-corrected chi connectivity index (χ1v) is 12.5. The van der Waals surface area contributed by atoms with Gasteiger partial charge >= 0.3 is 5.97 Å². The fraction of sp³-hybridized carbons (Fsp3) is 0.375. The van der Waals surface area contributed by atoms with Crippen LogP contribution in [0.15, 0.2) is 45.9 Å².